The molecule has 1 aromatic carbocycles. The summed E-state index contributed by atoms with van der Waals surface area (Å²) in [6.45, 7) is 3.72. The van der Waals surface area contributed by atoms with Crippen LogP contribution in [0.4, 0.5) is 4.79 Å². The predicted octanol–water partition coefficient (Wildman–Crippen LogP) is 2.00. The minimum absolute atomic E-state index is 0.172. The van der Waals surface area contributed by atoms with E-state index in [1.807, 2.05) is 30.3 Å². The molecule has 2 atom stereocenters. The SMILES string of the molecule is Cc1noc(C)c1C(O)C(O)CCNC(=O)OCc1ccccc1. The van der Waals surface area contributed by atoms with Gasteiger partial charge in [-0.15, -0.1) is 0 Å². The monoisotopic (exact) mass is 334 g/mol. The van der Waals surface area contributed by atoms with Crippen LogP contribution in [0.25, 0.3) is 0 Å². The number of alkyl carbamates (subject to hydrolysis) is 1. The number of ether oxygens (including phenoxy) is 1. The average Bonchev–Trinajstić information content (AvgIpc) is 2.91. The molecule has 2 rings (SSSR count). The van der Waals surface area contributed by atoms with Crippen molar-refractivity contribution in [2.75, 3.05) is 6.54 Å². The molecule has 2 aromatic rings. The Labute approximate surface area is 140 Å². The standard InChI is InChI=1S/C17H22N2O5/c1-11-15(12(2)24-19-11)16(21)14(20)8-9-18-17(22)23-10-13-6-4-3-5-7-13/h3-7,14,16,20-21H,8-10H2,1-2H3,(H,18,22). The maximum Gasteiger partial charge on any atom is 0.407 e. The first-order chi connectivity index (χ1) is 11.5. The summed E-state index contributed by atoms with van der Waals surface area (Å²) >= 11 is 0. The summed E-state index contributed by atoms with van der Waals surface area (Å²) in [5.41, 5.74) is 1.91. The molecule has 2 unspecified atom stereocenters. The van der Waals surface area contributed by atoms with Gasteiger partial charge < -0.3 is 24.8 Å². The van der Waals surface area contributed by atoms with Crippen LogP contribution in [0, 0.1) is 13.8 Å². The molecular formula is C17H22N2O5. The summed E-state index contributed by atoms with van der Waals surface area (Å²) in [5.74, 6) is 0.467. The van der Waals surface area contributed by atoms with Crippen molar-refractivity contribution in [3.8, 4) is 0 Å². The largest absolute Gasteiger partial charge is 0.445 e. The van der Waals surface area contributed by atoms with Gasteiger partial charge >= 0.3 is 6.09 Å². The van der Waals surface area contributed by atoms with Crippen molar-refractivity contribution in [3.63, 3.8) is 0 Å². The summed E-state index contributed by atoms with van der Waals surface area (Å²) in [4.78, 5) is 11.6. The van der Waals surface area contributed by atoms with Crippen LogP contribution in [0.3, 0.4) is 0 Å². The lowest BCUT2D eigenvalue weighted by molar-refractivity contribution is 0.0125. The van der Waals surface area contributed by atoms with Gasteiger partial charge in [-0.2, -0.15) is 0 Å². The maximum atomic E-state index is 11.6. The number of nitrogens with zero attached hydrogens (tertiary/aromatic N) is 1. The highest BCUT2D eigenvalue weighted by molar-refractivity contribution is 5.67. The number of amides is 1. The summed E-state index contributed by atoms with van der Waals surface area (Å²) in [6.07, 6.45) is -2.56. The molecule has 1 aromatic heterocycles. The fourth-order valence-electron chi connectivity index (χ4n) is 2.36. The van der Waals surface area contributed by atoms with Gasteiger partial charge in [-0.25, -0.2) is 4.79 Å². The minimum Gasteiger partial charge on any atom is -0.445 e. The van der Waals surface area contributed by atoms with Crippen molar-refractivity contribution in [2.24, 2.45) is 0 Å². The topological polar surface area (TPSA) is 105 Å². The van der Waals surface area contributed by atoms with Gasteiger partial charge in [-0.05, 0) is 25.8 Å². The number of aromatic nitrogens is 1. The van der Waals surface area contributed by atoms with Gasteiger partial charge in [-0.1, -0.05) is 35.5 Å². The van der Waals surface area contributed by atoms with Gasteiger partial charge in [0.2, 0.25) is 0 Å². The molecule has 7 nitrogen and oxygen atoms in total. The van der Waals surface area contributed by atoms with E-state index in [4.69, 9.17) is 9.26 Å². The Bertz CT molecular complexity index is 637. The van der Waals surface area contributed by atoms with E-state index >= 15 is 0 Å². The Morgan fingerprint density at radius 1 is 1.29 bits per heavy atom. The Morgan fingerprint density at radius 2 is 2.00 bits per heavy atom. The normalized spacial score (nSPS) is 13.3. The second kappa shape index (κ2) is 8.47. The van der Waals surface area contributed by atoms with E-state index < -0.39 is 18.3 Å². The fraction of sp³-hybridized carbons (Fsp3) is 0.412. The molecular weight excluding hydrogens is 312 g/mol. The number of rotatable bonds is 7. The Kier molecular flexibility index (Phi) is 6.34. The van der Waals surface area contributed by atoms with Crippen molar-refractivity contribution < 1.29 is 24.3 Å². The van der Waals surface area contributed by atoms with Crippen molar-refractivity contribution in [3.05, 3.63) is 52.9 Å². The highest BCUT2D eigenvalue weighted by atomic mass is 16.5. The lowest BCUT2D eigenvalue weighted by atomic mass is 10.0. The number of carbonyl (C=O) groups excluding carboxylic acids is 1. The second-order valence-electron chi connectivity index (χ2n) is 5.53. The average molecular weight is 334 g/mol. The van der Waals surface area contributed by atoms with E-state index in [2.05, 4.69) is 10.5 Å². The van der Waals surface area contributed by atoms with Gasteiger partial charge in [0.25, 0.3) is 0 Å². The van der Waals surface area contributed by atoms with Crippen molar-refractivity contribution in [1.82, 2.24) is 10.5 Å². The number of carbonyl (C=O) groups is 1. The third kappa shape index (κ3) is 4.81. The molecule has 0 radical (unpaired) electrons. The first-order valence-electron chi connectivity index (χ1n) is 7.72. The van der Waals surface area contributed by atoms with E-state index in [0.29, 0.717) is 17.0 Å². The number of aliphatic hydroxyl groups excluding tert-OH is 2. The van der Waals surface area contributed by atoms with Gasteiger partial charge in [0, 0.05) is 12.1 Å². The number of benzene rings is 1. The molecule has 0 saturated heterocycles. The molecule has 0 fully saturated rings. The molecule has 0 saturated carbocycles. The third-order valence-electron chi connectivity index (χ3n) is 3.67. The van der Waals surface area contributed by atoms with E-state index in [1.165, 1.54) is 0 Å². The third-order valence-corrected chi connectivity index (χ3v) is 3.67. The van der Waals surface area contributed by atoms with Crippen LogP contribution < -0.4 is 5.32 Å². The molecule has 1 amide bonds. The molecule has 3 N–H and O–H groups in total. The Balaban J connectivity index is 1.72. The van der Waals surface area contributed by atoms with Crippen LogP contribution >= 0.6 is 0 Å². The summed E-state index contributed by atoms with van der Waals surface area (Å²) in [5, 5.41) is 26.5. The quantitative estimate of drug-likeness (QED) is 0.715. The zero-order chi connectivity index (χ0) is 17.5. The van der Waals surface area contributed by atoms with Crippen LogP contribution in [-0.4, -0.2) is 34.1 Å². The zero-order valence-corrected chi connectivity index (χ0v) is 13.7. The van der Waals surface area contributed by atoms with Crippen LogP contribution in [-0.2, 0) is 11.3 Å². The Morgan fingerprint density at radius 3 is 2.62 bits per heavy atom. The smallest absolute Gasteiger partial charge is 0.407 e. The first kappa shape index (κ1) is 18.0. The number of aryl methyl sites for hydroxylation is 2. The molecule has 0 spiro atoms. The molecule has 130 valence electrons. The van der Waals surface area contributed by atoms with Crippen LogP contribution in [0.15, 0.2) is 34.9 Å². The maximum absolute atomic E-state index is 11.6. The minimum atomic E-state index is -1.11. The van der Waals surface area contributed by atoms with Crippen LogP contribution in [0.1, 0.15) is 35.1 Å². The lowest BCUT2D eigenvalue weighted by Crippen LogP contribution is -2.30. The molecule has 7 heteroatoms. The molecule has 0 aliphatic rings. The summed E-state index contributed by atoms with van der Waals surface area (Å²) in [6, 6.07) is 9.33. The number of nitrogens with one attached hydrogen (secondary N) is 1. The number of aliphatic hydroxyl groups is 2. The van der Waals surface area contributed by atoms with Gasteiger partial charge in [0.15, 0.2) is 0 Å². The second-order valence-corrected chi connectivity index (χ2v) is 5.53. The molecule has 0 aliphatic carbocycles. The predicted molar refractivity (Wildman–Crippen MR) is 86.2 cm³/mol. The zero-order valence-electron chi connectivity index (χ0n) is 13.7. The Hall–Kier alpha value is -2.38. The van der Waals surface area contributed by atoms with Gasteiger partial charge in [-0.3, -0.25) is 0 Å². The highest BCUT2D eigenvalue weighted by Gasteiger charge is 2.25. The van der Waals surface area contributed by atoms with E-state index in [1.54, 1.807) is 13.8 Å². The van der Waals surface area contributed by atoms with Crippen molar-refractivity contribution in [2.45, 2.75) is 39.1 Å². The van der Waals surface area contributed by atoms with Crippen LogP contribution in [0.5, 0.6) is 0 Å². The molecule has 24 heavy (non-hydrogen) atoms. The highest BCUT2D eigenvalue weighted by Crippen LogP contribution is 2.25. The lowest BCUT2D eigenvalue weighted by Gasteiger charge is -2.17. The first-order valence-corrected chi connectivity index (χ1v) is 7.72. The van der Waals surface area contributed by atoms with E-state index in [9.17, 15) is 15.0 Å². The number of hydrogen-bond acceptors (Lipinski definition) is 6. The molecule has 1 heterocycles. The van der Waals surface area contributed by atoms with E-state index in [0.717, 1.165) is 5.56 Å². The summed E-state index contributed by atoms with van der Waals surface area (Å²) < 4.78 is 10.0. The van der Waals surface area contributed by atoms with E-state index in [-0.39, 0.29) is 19.6 Å². The fourth-order valence-corrected chi connectivity index (χ4v) is 2.36. The van der Waals surface area contributed by atoms with Crippen LogP contribution in [0.2, 0.25) is 0 Å². The van der Waals surface area contributed by atoms with Crippen molar-refractivity contribution >= 4 is 6.09 Å². The van der Waals surface area contributed by atoms with Gasteiger partial charge in [0.1, 0.15) is 18.5 Å². The molecule has 0 aliphatic heterocycles. The number of hydrogen-bond donors (Lipinski definition) is 3. The molecule has 0 bridgehead atoms. The van der Waals surface area contributed by atoms with Crippen molar-refractivity contribution in [1.29, 1.82) is 0 Å². The summed E-state index contributed by atoms with van der Waals surface area (Å²) in [7, 11) is 0. The van der Waals surface area contributed by atoms with Gasteiger partial charge in [0.05, 0.1) is 11.8 Å².